The molecule has 90 valence electrons. The van der Waals surface area contributed by atoms with E-state index in [9.17, 15) is 0 Å². The number of aliphatic imine (C=N–C) groups is 1. The molecule has 0 fully saturated rings. The minimum atomic E-state index is -0.0210. The Labute approximate surface area is 93.2 Å². The van der Waals surface area contributed by atoms with Crippen LogP contribution in [0.4, 0.5) is 0 Å². The van der Waals surface area contributed by atoms with E-state index in [-0.39, 0.29) is 12.6 Å². The maximum atomic E-state index is 9.05. The van der Waals surface area contributed by atoms with E-state index in [0.29, 0.717) is 5.92 Å². The van der Waals surface area contributed by atoms with Crippen LogP contribution < -0.4 is 10.6 Å². The molecule has 0 radical (unpaired) electrons. The van der Waals surface area contributed by atoms with Gasteiger partial charge in [0, 0.05) is 0 Å². The number of nitrogens with one attached hydrogen (secondary N) is 2. The molecular formula is C11H25N3O. The first kappa shape index (κ1) is 14.6. The molecule has 0 heterocycles. The molecule has 0 saturated heterocycles. The molecule has 0 aromatic carbocycles. The van der Waals surface area contributed by atoms with Crippen LogP contribution in [0.5, 0.6) is 0 Å². The van der Waals surface area contributed by atoms with E-state index in [1.54, 1.807) is 0 Å². The number of rotatable bonds is 10. The molecule has 4 nitrogen and oxygen atoms in total. The van der Waals surface area contributed by atoms with Crippen molar-refractivity contribution in [3.05, 3.63) is 0 Å². The summed E-state index contributed by atoms with van der Waals surface area (Å²) in [6.45, 7) is 11.7. The van der Waals surface area contributed by atoms with E-state index in [1.807, 2.05) is 0 Å². The van der Waals surface area contributed by atoms with Crippen LogP contribution >= 0.6 is 0 Å². The lowest BCUT2D eigenvalue weighted by molar-refractivity contribution is 0.243. The third kappa shape index (κ3) is 7.48. The fraction of sp³-hybridized carbons (Fsp3) is 0.909. The highest BCUT2D eigenvalue weighted by Gasteiger charge is 2.13. The van der Waals surface area contributed by atoms with Gasteiger partial charge in [-0.25, -0.2) is 0 Å². The second-order valence-electron chi connectivity index (χ2n) is 3.74. The summed E-state index contributed by atoms with van der Waals surface area (Å²) < 4.78 is 0. The van der Waals surface area contributed by atoms with Crippen LogP contribution in [0.25, 0.3) is 0 Å². The van der Waals surface area contributed by atoms with Gasteiger partial charge in [0.05, 0.1) is 12.6 Å². The lowest BCUT2D eigenvalue weighted by Gasteiger charge is -2.20. The SMILES string of the molecule is C=NC(CO)CC(CNCC)CNCC. The Bertz CT molecular complexity index is 145. The minimum absolute atomic E-state index is 0.0210. The fourth-order valence-corrected chi connectivity index (χ4v) is 1.53. The van der Waals surface area contributed by atoms with Crippen molar-refractivity contribution in [3.63, 3.8) is 0 Å². The first-order valence-corrected chi connectivity index (χ1v) is 5.76. The highest BCUT2D eigenvalue weighted by Crippen LogP contribution is 2.07. The highest BCUT2D eigenvalue weighted by molar-refractivity contribution is 5.24. The van der Waals surface area contributed by atoms with Crippen molar-refractivity contribution in [3.8, 4) is 0 Å². The third-order valence-electron chi connectivity index (χ3n) is 2.44. The second-order valence-corrected chi connectivity index (χ2v) is 3.74. The predicted molar refractivity (Wildman–Crippen MR) is 65.6 cm³/mol. The molecule has 3 N–H and O–H groups in total. The zero-order valence-electron chi connectivity index (χ0n) is 10.00. The Morgan fingerprint density at radius 2 is 1.73 bits per heavy atom. The van der Waals surface area contributed by atoms with E-state index >= 15 is 0 Å². The van der Waals surface area contributed by atoms with Crippen LogP contribution in [0.3, 0.4) is 0 Å². The molecule has 0 aromatic heterocycles. The molecule has 0 amide bonds. The lowest BCUT2D eigenvalue weighted by atomic mass is 10.00. The van der Waals surface area contributed by atoms with Crippen LogP contribution in [0, 0.1) is 5.92 Å². The van der Waals surface area contributed by atoms with E-state index in [1.165, 1.54) is 0 Å². The van der Waals surface area contributed by atoms with Crippen molar-refractivity contribution in [1.82, 2.24) is 10.6 Å². The third-order valence-corrected chi connectivity index (χ3v) is 2.44. The van der Waals surface area contributed by atoms with Gasteiger partial charge in [-0.15, -0.1) is 0 Å². The summed E-state index contributed by atoms with van der Waals surface area (Å²) in [7, 11) is 0. The highest BCUT2D eigenvalue weighted by atomic mass is 16.3. The zero-order valence-corrected chi connectivity index (χ0v) is 10.00. The van der Waals surface area contributed by atoms with E-state index in [0.717, 1.165) is 32.6 Å². The topological polar surface area (TPSA) is 56.7 Å². The lowest BCUT2D eigenvalue weighted by Crippen LogP contribution is -2.34. The number of aliphatic hydroxyl groups excluding tert-OH is 1. The molecule has 15 heavy (non-hydrogen) atoms. The van der Waals surface area contributed by atoms with Crippen molar-refractivity contribution in [2.45, 2.75) is 26.3 Å². The van der Waals surface area contributed by atoms with Gasteiger partial charge < -0.3 is 15.7 Å². The Morgan fingerprint density at radius 3 is 2.07 bits per heavy atom. The summed E-state index contributed by atoms with van der Waals surface area (Å²) in [5.41, 5.74) is 0. The summed E-state index contributed by atoms with van der Waals surface area (Å²) in [5.74, 6) is 0.507. The Hall–Kier alpha value is -0.450. The molecule has 0 spiro atoms. The van der Waals surface area contributed by atoms with E-state index < -0.39 is 0 Å². The Morgan fingerprint density at radius 1 is 1.20 bits per heavy atom. The van der Waals surface area contributed by atoms with Gasteiger partial charge in [-0.3, -0.25) is 4.99 Å². The average molecular weight is 215 g/mol. The molecule has 0 aliphatic carbocycles. The first-order chi connectivity index (χ1) is 7.28. The molecular weight excluding hydrogens is 190 g/mol. The standard InChI is InChI=1S/C11H25N3O/c1-4-13-7-10(8-14-5-2)6-11(9-15)12-3/h10-11,13-15H,3-9H2,1-2H3. The number of hydrogen-bond donors (Lipinski definition) is 3. The number of aliphatic hydroxyl groups is 1. The Kier molecular flexibility index (Phi) is 9.78. The van der Waals surface area contributed by atoms with E-state index in [4.69, 9.17) is 5.11 Å². The van der Waals surface area contributed by atoms with Gasteiger partial charge >= 0.3 is 0 Å². The first-order valence-electron chi connectivity index (χ1n) is 5.76. The van der Waals surface area contributed by atoms with Crippen LogP contribution in [0.2, 0.25) is 0 Å². The van der Waals surface area contributed by atoms with Crippen LogP contribution in [-0.2, 0) is 0 Å². The van der Waals surface area contributed by atoms with Crippen molar-refractivity contribution >= 4 is 6.72 Å². The van der Waals surface area contributed by atoms with Crippen LogP contribution in [-0.4, -0.2) is 50.7 Å². The Balaban J connectivity index is 3.91. The molecule has 0 bridgehead atoms. The molecule has 4 heteroatoms. The van der Waals surface area contributed by atoms with Gasteiger partial charge in [-0.2, -0.15) is 0 Å². The molecule has 0 rings (SSSR count). The summed E-state index contributed by atoms with van der Waals surface area (Å²) in [6, 6.07) is -0.0210. The summed E-state index contributed by atoms with van der Waals surface area (Å²) in [5, 5.41) is 15.7. The van der Waals surface area contributed by atoms with Gasteiger partial charge in [0.2, 0.25) is 0 Å². The van der Waals surface area contributed by atoms with Crippen molar-refractivity contribution in [1.29, 1.82) is 0 Å². The number of nitrogens with zero attached hydrogens (tertiary/aromatic N) is 1. The van der Waals surface area contributed by atoms with Gasteiger partial charge in [-0.1, -0.05) is 13.8 Å². The smallest absolute Gasteiger partial charge is 0.0726 e. The predicted octanol–water partition coefficient (Wildman–Crippen LogP) is 0.273. The summed E-state index contributed by atoms with van der Waals surface area (Å²) in [6.07, 6.45) is 0.889. The van der Waals surface area contributed by atoms with Crippen LogP contribution in [0.1, 0.15) is 20.3 Å². The molecule has 1 unspecified atom stereocenters. The molecule has 0 aromatic rings. The maximum Gasteiger partial charge on any atom is 0.0726 e. The minimum Gasteiger partial charge on any atom is -0.394 e. The monoisotopic (exact) mass is 215 g/mol. The van der Waals surface area contributed by atoms with Gasteiger partial charge in [0.15, 0.2) is 0 Å². The normalized spacial score (nSPS) is 13.1. The summed E-state index contributed by atoms with van der Waals surface area (Å²) >= 11 is 0. The average Bonchev–Trinajstić information content (AvgIpc) is 2.28. The van der Waals surface area contributed by atoms with Crippen molar-refractivity contribution in [2.75, 3.05) is 32.8 Å². The van der Waals surface area contributed by atoms with Gasteiger partial charge in [-0.05, 0) is 45.2 Å². The van der Waals surface area contributed by atoms with Crippen molar-refractivity contribution in [2.24, 2.45) is 10.9 Å². The second kappa shape index (κ2) is 10.1. The van der Waals surface area contributed by atoms with Crippen LogP contribution in [0.15, 0.2) is 4.99 Å². The van der Waals surface area contributed by atoms with E-state index in [2.05, 4.69) is 36.2 Å². The largest absolute Gasteiger partial charge is 0.394 e. The summed E-state index contributed by atoms with van der Waals surface area (Å²) in [4.78, 5) is 3.91. The molecule has 1 atom stereocenters. The number of hydrogen-bond acceptors (Lipinski definition) is 4. The fourth-order valence-electron chi connectivity index (χ4n) is 1.53. The maximum absolute atomic E-state index is 9.05. The molecule has 0 aliphatic heterocycles. The molecule has 0 aliphatic rings. The zero-order chi connectivity index (χ0) is 11.5. The van der Waals surface area contributed by atoms with Gasteiger partial charge in [0.25, 0.3) is 0 Å². The van der Waals surface area contributed by atoms with Gasteiger partial charge in [0.1, 0.15) is 0 Å². The van der Waals surface area contributed by atoms with Crippen molar-refractivity contribution < 1.29 is 5.11 Å². The molecule has 0 saturated carbocycles. The quantitative estimate of drug-likeness (QED) is 0.459.